The van der Waals surface area contributed by atoms with E-state index in [0.717, 1.165) is 82.8 Å². The number of carbonyl (C=O) groups is 1. The number of aryl methyl sites for hydroxylation is 1. The molecule has 1 aromatic rings. The van der Waals surface area contributed by atoms with Crippen LogP contribution in [0.2, 0.25) is 0 Å². The van der Waals surface area contributed by atoms with Gasteiger partial charge < -0.3 is 14.2 Å². The Hall–Kier alpha value is -1.47. The van der Waals surface area contributed by atoms with Crippen molar-refractivity contribution >= 4 is 5.91 Å². The molecule has 2 saturated heterocycles. The van der Waals surface area contributed by atoms with Gasteiger partial charge in [-0.1, -0.05) is 31.3 Å². The molecular weight excluding hydrogens is 356 g/mol. The second kappa shape index (κ2) is 10.9. The molecule has 2 aliphatic heterocycles. The Morgan fingerprint density at radius 1 is 1.18 bits per heavy atom. The molecule has 28 heavy (non-hydrogen) atoms. The zero-order chi connectivity index (χ0) is 19.8. The summed E-state index contributed by atoms with van der Waals surface area (Å²) in [6.07, 6.45) is 10.1. The van der Waals surface area contributed by atoms with Crippen molar-refractivity contribution in [3.63, 3.8) is 0 Å². The lowest BCUT2D eigenvalue weighted by Gasteiger charge is -2.40. The van der Waals surface area contributed by atoms with E-state index in [1.807, 2.05) is 0 Å². The molecule has 0 saturated carbocycles. The van der Waals surface area contributed by atoms with Gasteiger partial charge in [-0.2, -0.15) is 4.98 Å². The summed E-state index contributed by atoms with van der Waals surface area (Å²) in [4.78, 5) is 21.6. The fourth-order valence-electron chi connectivity index (χ4n) is 4.62. The average molecular weight is 393 g/mol. The quantitative estimate of drug-likeness (QED) is 0.677. The molecular formula is C21H36N4O3. The first-order valence-corrected chi connectivity index (χ1v) is 11.0. The first kappa shape index (κ1) is 21.2. The summed E-state index contributed by atoms with van der Waals surface area (Å²) in [5, 5.41) is 4.10. The van der Waals surface area contributed by atoms with Crippen LogP contribution in [0.5, 0.6) is 0 Å². The number of rotatable bonds is 8. The molecule has 7 heteroatoms. The Labute approximate surface area is 168 Å². The lowest BCUT2D eigenvalue weighted by molar-refractivity contribution is -0.139. The summed E-state index contributed by atoms with van der Waals surface area (Å²) < 4.78 is 10.6. The van der Waals surface area contributed by atoms with Crippen molar-refractivity contribution in [2.24, 2.45) is 5.92 Å². The van der Waals surface area contributed by atoms with Crippen LogP contribution in [-0.4, -0.2) is 65.2 Å². The number of piperidine rings is 1. The predicted octanol–water partition coefficient (Wildman–Crippen LogP) is 3.04. The van der Waals surface area contributed by atoms with Crippen molar-refractivity contribution < 1.29 is 14.1 Å². The summed E-state index contributed by atoms with van der Waals surface area (Å²) >= 11 is 0. The van der Waals surface area contributed by atoms with Crippen molar-refractivity contribution in [2.45, 2.75) is 77.3 Å². The van der Waals surface area contributed by atoms with Crippen molar-refractivity contribution in [3.8, 4) is 0 Å². The number of carbonyl (C=O) groups excluding carboxylic acids is 1. The third-order valence-electron chi connectivity index (χ3n) is 6.19. The zero-order valence-corrected chi connectivity index (χ0v) is 17.6. The van der Waals surface area contributed by atoms with Gasteiger partial charge in [0, 0.05) is 26.1 Å². The second-order valence-corrected chi connectivity index (χ2v) is 8.26. The van der Waals surface area contributed by atoms with Crippen molar-refractivity contribution in [1.82, 2.24) is 19.9 Å². The van der Waals surface area contributed by atoms with Crippen LogP contribution in [0.1, 0.15) is 70.0 Å². The van der Waals surface area contributed by atoms with Gasteiger partial charge in [0.15, 0.2) is 5.82 Å². The molecule has 0 N–H and O–H groups in total. The van der Waals surface area contributed by atoms with Gasteiger partial charge in [0.05, 0.1) is 6.54 Å². The Bertz CT molecular complexity index is 598. The minimum atomic E-state index is 0.155. The van der Waals surface area contributed by atoms with Crippen molar-refractivity contribution in [2.75, 3.05) is 33.4 Å². The maximum Gasteiger partial charge on any atom is 0.248 e. The maximum absolute atomic E-state index is 12.5. The van der Waals surface area contributed by atoms with Crippen LogP contribution < -0.4 is 0 Å². The fourth-order valence-corrected chi connectivity index (χ4v) is 4.62. The summed E-state index contributed by atoms with van der Waals surface area (Å²) in [6.45, 7) is 6.05. The average Bonchev–Trinajstić information content (AvgIpc) is 3.00. The number of likely N-dealkylation sites (tertiary alicyclic amines) is 2. The van der Waals surface area contributed by atoms with Crippen LogP contribution >= 0.6 is 0 Å². The smallest absolute Gasteiger partial charge is 0.248 e. The second-order valence-electron chi connectivity index (χ2n) is 8.26. The minimum Gasteiger partial charge on any atom is -0.375 e. The van der Waals surface area contributed by atoms with Gasteiger partial charge in [0.2, 0.25) is 11.8 Å². The highest BCUT2D eigenvalue weighted by Gasteiger charge is 2.34. The summed E-state index contributed by atoms with van der Waals surface area (Å²) in [7, 11) is 1.61. The highest BCUT2D eigenvalue weighted by atomic mass is 16.5. The number of aromatic nitrogens is 2. The van der Waals surface area contributed by atoms with E-state index in [2.05, 4.69) is 26.9 Å². The Kier molecular flexibility index (Phi) is 8.27. The monoisotopic (exact) mass is 392 g/mol. The summed E-state index contributed by atoms with van der Waals surface area (Å²) in [5.41, 5.74) is 0. The van der Waals surface area contributed by atoms with E-state index in [-0.39, 0.29) is 12.5 Å². The SMILES string of the molecule is CCCCc1noc(CN2CCC(C3CCCCCN3C(=O)COC)CC2)n1. The lowest BCUT2D eigenvalue weighted by atomic mass is 9.86. The van der Waals surface area contributed by atoms with E-state index in [9.17, 15) is 4.79 Å². The van der Waals surface area contributed by atoms with Gasteiger partial charge in [-0.25, -0.2) is 0 Å². The molecule has 1 unspecified atom stereocenters. The van der Waals surface area contributed by atoms with E-state index in [1.165, 1.54) is 12.8 Å². The number of hydrogen-bond donors (Lipinski definition) is 0. The van der Waals surface area contributed by atoms with Gasteiger partial charge in [-0.15, -0.1) is 0 Å². The van der Waals surface area contributed by atoms with Crippen LogP contribution in [-0.2, 0) is 22.5 Å². The Morgan fingerprint density at radius 3 is 2.75 bits per heavy atom. The normalized spacial score (nSPS) is 22.4. The number of amides is 1. The van der Waals surface area contributed by atoms with E-state index in [4.69, 9.17) is 9.26 Å². The summed E-state index contributed by atoms with van der Waals surface area (Å²) in [5.74, 6) is 2.30. The van der Waals surface area contributed by atoms with Crippen molar-refractivity contribution in [3.05, 3.63) is 11.7 Å². The Balaban J connectivity index is 1.51. The molecule has 1 amide bonds. The minimum absolute atomic E-state index is 0.155. The van der Waals surface area contributed by atoms with E-state index < -0.39 is 0 Å². The molecule has 0 bridgehead atoms. The molecule has 1 aromatic heterocycles. The highest BCUT2D eigenvalue weighted by Crippen LogP contribution is 2.30. The van der Waals surface area contributed by atoms with Crippen LogP contribution in [0.15, 0.2) is 4.52 Å². The molecule has 0 aromatic carbocycles. The third-order valence-corrected chi connectivity index (χ3v) is 6.19. The molecule has 3 heterocycles. The largest absolute Gasteiger partial charge is 0.375 e. The fraction of sp³-hybridized carbons (Fsp3) is 0.857. The first-order chi connectivity index (χ1) is 13.7. The molecule has 0 spiro atoms. The van der Waals surface area contributed by atoms with Crippen LogP contribution in [0.4, 0.5) is 0 Å². The van der Waals surface area contributed by atoms with Gasteiger partial charge in [-0.05, 0) is 51.1 Å². The topological polar surface area (TPSA) is 71.7 Å². The third kappa shape index (κ3) is 5.77. The molecule has 0 aliphatic carbocycles. The van der Waals surface area contributed by atoms with Gasteiger partial charge in [0.1, 0.15) is 6.61 Å². The van der Waals surface area contributed by atoms with Crippen LogP contribution in [0, 0.1) is 5.92 Å². The van der Waals surface area contributed by atoms with E-state index >= 15 is 0 Å². The maximum atomic E-state index is 12.5. The van der Waals surface area contributed by atoms with Crippen LogP contribution in [0.25, 0.3) is 0 Å². The standard InChI is InChI=1S/C21H36N4O3/c1-3-4-9-19-22-20(28-23-19)15-24-13-10-17(11-14-24)18-8-6-5-7-12-25(18)21(26)16-27-2/h17-18H,3-16H2,1-2H3. The molecule has 2 fully saturated rings. The van der Waals surface area contributed by atoms with E-state index in [1.54, 1.807) is 7.11 Å². The molecule has 7 nitrogen and oxygen atoms in total. The van der Waals surface area contributed by atoms with E-state index in [0.29, 0.717) is 12.0 Å². The molecule has 2 aliphatic rings. The van der Waals surface area contributed by atoms with Crippen molar-refractivity contribution in [1.29, 1.82) is 0 Å². The zero-order valence-electron chi connectivity index (χ0n) is 17.6. The molecule has 3 rings (SSSR count). The Morgan fingerprint density at radius 2 is 2.00 bits per heavy atom. The molecule has 1 atom stereocenters. The van der Waals surface area contributed by atoms with Gasteiger partial charge >= 0.3 is 0 Å². The lowest BCUT2D eigenvalue weighted by Crippen LogP contribution is -2.48. The number of methoxy groups -OCH3 is 1. The number of hydrogen-bond acceptors (Lipinski definition) is 6. The molecule has 158 valence electrons. The predicted molar refractivity (Wildman–Crippen MR) is 107 cm³/mol. The first-order valence-electron chi connectivity index (χ1n) is 11.0. The molecule has 0 radical (unpaired) electrons. The highest BCUT2D eigenvalue weighted by molar-refractivity contribution is 5.77. The van der Waals surface area contributed by atoms with Crippen LogP contribution in [0.3, 0.4) is 0 Å². The van der Waals surface area contributed by atoms with Gasteiger partial charge in [0.25, 0.3) is 0 Å². The number of unbranched alkanes of at least 4 members (excludes halogenated alkanes) is 1. The number of ether oxygens (including phenoxy) is 1. The summed E-state index contributed by atoms with van der Waals surface area (Å²) in [6, 6.07) is 0.372. The number of nitrogens with zero attached hydrogens (tertiary/aromatic N) is 4. The van der Waals surface area contributed by atoms with Gasteiger partial charge in [-0.3, -0.25) is 9.69 Å².